The standard InChI is InChI=1S/C13H11NO5/c15-13(16)12-14-7-11(19-12)8-2-3-9-10(6-8)18-5-1-4-17-9/h2-3,6-7H,1,4-5H2,(H,15,16). The molecule has 0 saturated heterocycles. The van der Waals surface area contributed by atoms with Gasteiger partial charge >= 0.3 is 11.9 Å². The summed E-state index contributed by atoms with van der Waals surface area (Å²) in [5.41, 5.74) is 0.698. The minimum atomic E-state index is -1.19. The van der Waals surface area contributed by atoms with Gasteiger partial charge in [0.1, 0.15) is 0 Å². The fourth-order valence-electron chi connectivity index (χ4n) is 1.82. The quantitative estimate of drug-likeness (QED) is 0.892. The number of carboxylic acids is 1. The molecule has 0 unspecified atom stereocenters. The van der Waals surface area contributed by atoms with Gasteiger partial charge in [0, 0.05) is 12.0 Å². The van der Waals surface area contributed by atoms with Crippen LogP contribution in [-0.4, -0.2) is 29.3 Å². The first kappa shape index (κ1) is 11.6. The number of carboxylic acid groups (broad SMARTS) is 1. The number of aromatic nitrogens is 1. The normalized spacial score (nSPS) is 13.9. The monoisotopic (exact) mass is 261 g/mol. The van der Waals surface area contributed by atoms with Gasteiger partial charge in [-0.05, 0) is 18.2 Å². The molecule has 0 bridgehead atoms. The molecule has 0 aliphatic carbocycles. The number of ether oxygens (including phenoxy) is 2. The summed E-state index contributed by atoms with van der Waals surface area (Å²) in [6.45, 7) is 1.21. The lowest BCUT2D eigenvalue weighted by atomic mass is 10.1. The number of oxazole rings is 1. The van der Waals surface area contributed by atoms with Gasteiger partial charge in [0.15, 0.2) is 17.3 Å². The largest absolute Gasteiger partial charge is 0.490 e. The van der Waals surface area contributed by atoms with Gasteiger partial charge < -0.3 is 19.0 Å². The van der Waals surface area contributed by atoms with Crippen molar-refractivity contribution in [3.05, 3.63) is 30.3 Å². The molecule has 1 aliphatic rings. The molecule has 98 valence electrons. The fourth-order valence-corrected chi connectivity index (χ4v) is 1.82. The van der Waals surface area contributed by atoms with Crippen molar-refractivity contribution in [1.29, 1.82) is 0 Å². The van der Waals surface area contributed by atoms with Crippen LogP contribution in [0.3, 0.4) is 0 Å². The van der Waals surface area contributed by atoms with Gasteiger partial charge in [-0.15, -0.1) is 0 Å². The first-order chi connectivity index (χ1) is 9.24. The summed E-state index contributed by atoms with van der Waals surface area (Å²) in [4.78, 5) is 14.4. The maximum atomic E-state index is 10.7. The molecule has 6 nitrogen and oxygen atoms in total. The van der Waals surface area contributed by atoms with Gasteiger partial charge in [-0.2, -0.15) is 0 Å². The van der Waals surface area contributed by atoms with Crippen LogP contribution in [0.25, 0.3) is 11.3 Å². The number of carbonyl (C=O) groups is 1. The third-order valence-electron chi connectivity index (χ3n) is 2.72. The summed E-state index contributed by atoms with van der Waals surface area (Å²) < 4.78 is 16.2. The zero-order chi connectivity index (χ0) is 13.2. The van der Waals surface area contributed by atoms with E-state index in [0.717, 1.165) is 6.42 Å². The molecule has 0 fully saturated rings. The molecule has 6 heteroatoms. The first-order valence-corrected chi connectivity index (χ1v) is 5.83. The van der Waals surface area contributed by atoms with Crippen molar-refractivity contribution < 1.29 is 23.8 Å². The van der Waals surface area contributed by atoms with Crippen molar-refractivity contribution in [3.63, 3.8) is 0 Å². The van der Waals surface area contributed by atoms with Crippen molar-refractivity contribution in [2.75, 3.05) is 13.2 Å². The van der Waals surface area contributed by atoms with Crippen LogP contribution in [0.15, 0.2) is 28.8 Å². The molecule has 0 spiro atoms. The summed E-state index contributed by atoms with van der Waals surface area (Å²) in [5, 5.41) is 8.77. The highest BCUT2D eigenvalue weighted by molar-refractivity contribution is 5.82. The summed E-state index contributed by atoms with van der Waals surface area (Å²) >= 11 is 0. The molecule has 1 aliphatic heterocycles. The van der Waals surface area contributed by atoms with Gasteiger partial charge in [0.25, 0.3) is 0 Å². The first-order valence-electron chi connectivity index (χ1n) is 5.83. The lowest BCUT2D eigenvalue weighted by molar-refractivity contribution is 0.0654. The maximum absolute atomic E-state index is 10.7. The topological polar surface area (TPSA) is 81.8 Å². The van der Waals surface area contributed by atoms with E-state index in [-0.39, 0.29) is 5.89 Å². The Balaban J connectivity index is 1.96. The van der Waals surface area contributed by atoms with Gasteiger partial charge in [0.05, 0.1) is 19.4 Å². The van der Waals surface area contributed by atoms with E-state index in [9.17, 15) is 4.79 Å². The van der Waals surface area contributed by atoms with Gasteiger partial charge in [0.2, 0.25) is 0 Å². The molecule has 0 saturated carbocycles. The SMILES string of the molecule is O=C(O)c1ncc(-c2ccc3c(c2)OCCCO3)o1. The zero-order valence-corrected chi connectivity index (χ0v) is 9.96. The Bertz CT molecular complexity index is 619. The van der Waals surface area contributed by atoms with Gasteiger partial charge in [-0.1, -0.05) is 0 Å². The molecule has 1 N–H and O–H groups in total. The maximum Gasteiger partial charge on any atom is 0.392 e. The van der Waals surface area contributed by atoms with E-state index in [2.05, 4.69) is 4.98 Å². The summed E-state index contributed by atoms with van der Waals surface area (Å²) in [5.74, 6) is 0.165. The minimum absolute atomic E-state index is 0.331. The number of fused-ring (bicyclic) bond motifs is 1. The number of hydrogen-bond donors (Lipinski definition) is 1. The van der Waals surface area contributed by atoms with Crippen LogP contribution >= 0.6 is 0 Å². The van der Waals surface area contributed by atoms with Crippen molar-refractivity contribution >= 4 is 5.97 Å². The van der Waals surface area contributed by atoms with Crippen molar-refractivity contribution in [2.45, 2.75) is 6.42 Å². The highest BCUT2D eigenvalue weighted by Crippen LogP contribution is 2.34. The fraction of sp³-hybridized carbons (Fsp3) is 0.231. The summed E-state index contributed by atoms with van der Waals surface area (Å²) in [6.07, 6.45) is 2.21. The van der Waals surface area contributed by atoms with Crippen LogP contribution in [0.4, 0.5) is 0 Å². The highest BCUT2D eigenvalue weighted by atomic mass is 16.5. The van der Waals surface area contributed by atoms with Crippen molar-refractivity contribution in [2.24, 2.45) is 0 Å². The summed E-state index contributed by atoms with van der Waals surface area (Å²) in [6, 6.07) is 5.31. The molecule has 0 radical (unpaired) electrons. The van der Waals surface area contributed by atoms with Crippen LogP contribution < -0.4 is 9.47 Å². The Labute approximate surface area is 108 Å². The third kappa shape index (κ3) is 2.24. The van der Waals surface area contributed by atoms with E-state index in [4.69, 9.17) is 19.0 Å². The third-order valence-corrected chi connectivity index (χ3v) is 2.72. The van der Waals surface area contributed by atoms with E-state index in [0.29, 0.717) is 36.0 Å². The minimum Gasteiger partial charge on any atom is -0.490 e. The van der Waals surface area contributed by atoms with Gasteiger partial charge in [-0.25, -0.2) is 9.78 Å². The molecule has 2 heterocycles. The van der Waals surface area contributed by atoms with Crippen LogP contribution in [0, 0.1) is 0 Å². The predicted molar refractivity (Wildman–Crippen MR) is 64.5 cm³/mol. The Morgan fingerprint density at radius 2 is 2.00 bits per heavy atom. The van der Waals surface area contributed by atoms with Crippen molar-refractivity contribution in [3.8, 4) is 22.8 Å². The van der Waals surface area contributed by atoms with E-state index >= 15 is 0 Å². The van der Waals surface area contributed by atoms with E-state index in [1.807, 2.05) is 0 Å². The number of benzene rings is 1. The number of rotatable bonds is 2. The van der Waals surface area contributed by atoms with Gasteiger partial charge in [-0.3, -0.25) is 0 Å². The zero-order valence-electron chi connectivity index (χ0n) is 9.96. The Morgan fingerprint density at radius 3 is 2.74 bits per heavy atom. The summed E-state index contributed by atoms with van der Waals surface area (Å²) in [7, 11) is 0. The lowest BCUT2D eigenvalue weighted by Gasteiger charge is -2.07. The Kier molecular flexibility index (Phi) is 2.83. The average molecular weight is 261 g/mol. The molecule has 3 rings (SSSR count). The van der Waals surface area contributed by atoms with E-state index in [1.54, 1.807) is 18.2 Å². The van der Waals surface area contributed by atoms with E-state index < -0.39 is 5.97 Å². The van der Waals surface area contributed by atoms with Crippen LogP contribution in [0.1, 0.15) is 17.1 Å². The van der Waals surface area contributed by atoms with Crippen LogP contribution in [-0.2, 0) is 0 Å². The molecule has 1 aromatic heterocycles. The average Bonchev–Trinajstić information content (AvgIpc) is 2.78. The second-order valence-corrected chi connectivity index (χ2v) is 4.05. The predicted octanol–water partition coefficient (Wildman–Crippen LogP) is 2.20. The second-order valence-electron chi connectivity index (χ2n) is 4.05. The number of nitrogens with zero attached hydrogens (tertiary/aromatic N) is 1. The highest BCUT2D eigenvalue weighted by Gasteiger charge is 2.15. The Morgan fingerprint density at radius 1 is 1.21 bits per heavy atom. The lowest BCUT2D eigenvalue weighted by Crippen LogP contribution is -1.97. The Hall–Kier alpha value is -2.50. The number of aromatic carboxylic acids is 1. The van der Waals surface area contributed by atoms with E-state index in [1.165, 1.54) is 6.20 Å². The molecule has 2 aromatic rings. The molecule has 0 amide bonds. The van der Waals surface area contributed by atoms with Crippen LogP contribution in [0.2, 0.25) is 0 Å². The molecular formula is C13H11NO5. The molecule has 19 heavy (non-hydrogen) atoms. The molecular weight excluding hydrogens is 250 g/mol. The van der Waals surface area contributed by atoms with Crippen LogP contribution in [0.5, 0.6) is 11.5 Å². The smallest absolute Gasteiger partial charge is 0.392 e. The number of hydrogen-bond acceptors (Lipinski definition) is 5. The second kappa shape index (κ2) is 4.64. The molecule has 0 atom stereocenters. The van der Waals surface area contributed by atoms with Crippen molar-refractivity contribution in [1.82, 2.24) is 4.98 Å². The molecule has 1 aromatic carbocycles.